The van der Waals surface area contributed by atoms with Crippen molar-refractivity contribution in [3.8, 4) is 0 Å². The molecule has 0 aliphatic heterocycles. The molecule has 1 nitrogen and oxygen atoms in total. The van der Waals surface area contributed by atoms with Crippen LogP contribution in [0.1, 0.15) is 5.56 Å². The maximum Gasteiger partial charge on any atom is 0.0470 e. The van der Waals surface area contributed by atoms with E-state index < -0.39 is 0 Å². The molecule has 3 heteroatoms. The van der Waals surface area contributed by atoms with E-state index in [2.05, 4.69) is 5.32 Å². The van der Waals surface area contributed by atoms with Gasteiger partial charge in [-0.05, 0) is 24.6 Å². The highest BCUT2D eigenvalue weighted by Crippen LogP contribution is 2.27. The second kappa shape index (κ2) is 3.33. The van der Waals surface area contributed by atoms with E-state index in [1.54, 1.807) is 6.07 Å². The van der Waals surface area contributed by atoms with Crippen LogP contribution in [0.4, 0.5) is 5.69 Å². The smallest absolute Gasteiger partial charge is 0.0470 e. The van der Waals surface area contributed by atoms with Crippen molar-refractivity contribution in [2.24, 2.45) is 0 Å². The highest BCUT2D eigenvalue weighted by atomic mass is 35.5. The summed E-state index contributed by atoms with van der Waals surface area (Å²) in [5.41, 5.74) is 2.00. The number of hydrogen-bond donors (Lipinski definition) is 1. The molecular formula is C8H9Cl2N. The average molecular weight is 190 g/mol. The first kappa shape index (κ1) is 8.69. The van der Waals surface area contributed by atoms with Crippen molar-refractivity contribution < 1.29 is 0 Å². The Kier molecular flexibility index (Phi) is 2.63. The van der Waals surface area contributed by atoms with Crippen LogP contribution in [0, 0.1) is 6.92 Å². The Balaban J connectivity index is 3.24. The zero-order valence-electron chi connectivity index (χ0n) is 6.41. The lowest BCUT2D eigenvalue weighted by Gasteiger charge is -2.06. The second-order valence-corrected chi connectivity index (χ2v) is 3.15. The van der Waals surface area contributed by atoms with Gasteiger partial charge in [0.15, 0.2) is 0 Å². The minimum absolute atomic E-state index is 0.657. The number of anilines is 1. The second-order valence-electron chi connectivity index (χ2n) is 2.31. The van der Waals surface area contributed by atoms with Gasteiger partial charge in [0.25, 0.3) is 0 Å². The summed E-state index contributed by atoms with van der Waals surface area (Å²) in [6.07, 6.45) is 0. The zero-order chi connectivity index (χ0) is 8.43. The van der Waals surface area contributed by atoms with Gasteiger partial charge in [0.2, 0.25) is 0 Å². The summed E-state index contributed by atoms with van der Waals surface area (Å²) in [6, 6.07) is 3.59. The molecule has 0 saturated carbocycles. The van der Waals surface area contributed by atoms with Crippen LogP contribution < -0.4 is 5.32 Å². The number of rotatable bonds is 1. The molecule has 1 aromatic rings. The fraction of sp³-hybridized carbons (Fsp3) is 0.250. The predicted molar refractivity (Wildman–Crippen MR) is 50.7 cm³/mol. The summed E-state index contributed by atoms with van der Waals surface area (Å²) in [7, 11) is 1.84. The standard InChI is InChI=1S/C8H9Cl2N/c1-5-7(10)3-6(9)4-8(5)11-2/h3-4,11H,1-2H3. The van der Waals surface area contributed by atoms with Crippen molar-refractivity contribution in [3.63, 3.8) is 0 Å². The molecule has 1 N–H and O–H groups in total. The Morgan fingerprint density at radius 2 is 1.91 bits per heavy atom. The Hall–Kier alpha value is -0.400. The van der Waals surface area contributed by atoms with Gasteiger partial charge in [-0.25, -0.2) is 0 Å². The molecule has 1 rings (SSSR count). The summed E-state index contributed by atoms with van der Waals surface area (Å²) in [5, 5.41) is 4.36. The molecule has 0 fully saturated rings. The maximum atomic E-state index is 5.87. The minimum Gasteiger partial charge on any atom is -0.388 e. The van der Waals surface area contributed by atoms with Crippen LogP contribution in [0.2, 0.25) is 10.0 Å². The average Bonchev–Trinajstić information content (AvgIpc) is 1.96. The zero-order valence-corrected chi connectivity index (χ0v) is 7.92. The first-order chi connectivity index (χ1) is 5.15. The van der Waals surface area contributed by atoms with Crippen LogP contribution in [0.25, 0.3) is 0 Å². The van der Waals surface area contributed by atoms with Crippen LogP contribution in [0.3, 0.4) is 0 Å². The fourth-order valence-corrected chi connectivity index (χ4v) is 1.40. The van der Waals surface area contributed by atoms with Crippen molar-refractivity contribution in [1.82, 2.24) is 0 Å². The lowest BCUT2D eigenvalue weighted by molar-refractivity contribution is 1.41. The molecule has 0 atom stereocenters. The molecular weight excluding hydrogens is 181 g/mol. The largest absolute Gasteiger partial charge is 0.388 e. The molecule has 0 unspecified atom stereocenters. The molecule has 0 amide bonds. The van der Waals surface area contributed by atoms with Crippen molar-refractivity contribution in [2.75, 3.05) is 12.4 Å². The van der Waals surface area contributed by atoms with E-state index in [9.17, 15) is 0 Å². The Labute approximate surface area is 76.3 Å². The highest BCUT2D eigenvalue weighted by molar-refractivity contribution is 6.35. The van der Waals surface area contributed by atoms with Crippen molar-refractivity contribution in [3.05, 3.63) is 27.7 Å². The monoisotopic (exact) mass is 189 g/mol. The van der Waals surface area contributed by atoms with Crippen LogP contribution >= 0.6 is 23.2 Å². The van der Waals surface area contributed by atoms with Gasteiger partial charge in [-0.1, -0.05) is 23.2 Å². The van der Waals surface area contributed by atoms with Crippen molar-refractivity contribution in [1.29, 1.82) is 0 Å². The highest BCUT2D eigenvalue weighted by Gasteiger charge is 2.01. The molecule has 0 bridgehead atoms. The third-order valence-corrected chi connectivity index (χ3v) is 2.19. The van der Waals surface area contributed by atoms with Gasteiger partial charge < -0.3 is 5.32 Å². The molecule has 0 aromatic heterocycles. The van der Waals surface area contributed by atoms with Gasteiger partial charge in [0.1, 0.15) is 0 Å². The summed E-state index contributed by atoms with van der Waals surface area (Å²) in [5.74, 6) is 0. The summed E-state index contributed by atoms with van der Waals surface area (Å²) in [4.78, 5) is 0. The Morgan fingerprint density at radius 3 is 2.45 bits per heavy atom. The van der Waals surface area contributed by atoms with Gasteiger partial charge >= 0.3 is 0 Å². The van der Waals surface area contributed by atoms with Crippen molar-refractivity contribution in [2.45, 2.75) is 6.92 Å². The van der Waals surface area contributed by atoms with Gasteiger partial charge in [0, 0.05) is 22.8 Å². The Morgan fingerprint density at radius 1 is 1.27 bits per heavy atom. The number of benzene rings is 1. The maximum absolute atomic E-state index is 5.87. The van der Waals surface area contributed by atoms with E-state index >= 15 is 0 Å². The SMILES string of the molecule is CNc1cc(Cl)cc(Cl)c1C. The van der Waals surface area contributed by atoms with Crippen LogP contribution in [0.5, 0.6) is 0 Å². The first-order valence-electron chi connectivity index (χ1n) is 3.28. The topological polar surface area (TPSA) is 12.0 Å². The van der Waals surface area contributed by atoms with Gasteiger partial charge in [-0.3, -0.25) is 0 Å². The molecule has 0 radical (unpaired) electrons. The predicted octanol–water partition coefficient (Wildman–Crippen LogP) is 3.34. The molecule has 11 heavy (non-hydrogen) atoms. The molecule has 1 aromatic carbocycles. The van der Waals surface area contributed by atoms with E-state index in [0.717, 1.165) is 11.3 Å². The molecule has 0 aliphatic rings. The van der Waals surface area contributed by atoms with E-state index in [1.807, 2.05) is 20.0 Å². The number of hydrogen-bond acceptors (Lipinski definition) is 1. The number of nitrogens with one attached hydrogen (secondary N) is 1. The van der Waals surface area contributed by atoms with Gasteiger partial charge in [-0.2, -0.15) is 0 Å². The van der Waals surface area contributed by atoms with Gasteiger partial charge in [0.05, 0.1) is 0 Å². The molecule has 60 valence electrons. The van der Waals surface area contributed by atoms with Crippen LogP contribution in [-0.2, 0) is 0 Å². The Bertz CT molecular complexity index is 271. The van der Waals surface area contributed by atoms with Crippen molar-refractivity contribution >= 4 is 28.9 Å². The van der Waals surface area contributed by atoms with E-state index in [4.69, 9.17) is 23.2 Å². The molecule has 0 spiro atoms. The fourth-order valence-electron chi connectivity index (χ4n) is 0.905. The molecule has 0 aliphatic carbocycles. The van der Waals surface area contributed by atoms with Crippen LogP contribution in [-0.4, -0.2) is 7.05 Å². The summed E-state index contributed by atoms with van der Waals surface area (Å²) < 4.78 is 0. The quantitative estimate of drug-likeness (QED) is 0.715. The third-order valence-electron chi connectivity index (χ3n) is 1.58. The lowest BCUT2D eigenvalue weighted by atomic mass is 10.2. The number of halogens is 2. The molecule has 0 heterocycles. The molecule has 0 saturated heterocycles. The lowest BCUT2D eigenvalue weighted by Crippen LogP contribution is -1.91. The van der Waals surface area contributed by atoms with E-state index in [-0.39, 0.29) is 0 Å². The van der Waals surface area contributed by atoms with E-state index in [1.165, 1.54) is 0 Å². The van der Waals surface area contributed by atoms with Crippen LogP contribution in [0.15, 0.2) is 12.1 Å². The first-order valence-corrected chi connectivity index (χ1v) is 4.04. The van der Waals surface area contributed by atoms with E-state index in [0.29, 0.717) is 10.0 Å². The summed E-state index contributed by atoms with van der Waals surface area (Å²) in [6.45, 7) is 1.95. The van der Waals surface area contributed by atoms with Gasteiger partial charge in [-0.15, -0.1) is 0 Å². The third kappa shape index (κ3) is 1.79. The normalized spacial score (nSPS) is 9.82. The summed E-state index contributed by atoms with van der Waals surface area (Å²) >= 11 is 11.6. The minimum atomic E-state index is 0.657.